The number of aliphatic hydroxyl groups is 2. The summed E-state index contributed by atoms with van der Waals surface area (Å²) < 4.78 is 0. The van der Waals surface area contributed by atoms with Crippen LogP contribution in [0.25, 0.3) is 11.3 Å². The molecule has 27 heteroatoms. The van der Waals surface area contributed by atoms with Crippen LogP contribution in [0.15, 0.2) is 79.0 Å². The molecule has 3 aromatic rings. The fourth-order valence-corrected chi connectivity index (χ4v) is 9.84. The SMILES string of the molecule is CC(C)C[C@@H]1CC(=O)[C@@H](Cc2ccccc2)NC(=O)[C@H](CCN)NC(=O)[C@@H](NC(=O)[C@H](CN)CC(=O)[C@H](CO)NC(=O)[C@H](CCN)CC(=O)c2ccnc(-c3ccccc3)c2)CCNC(=O)[C@H]([C@@H](C)O)NC(=O)[C@H](CCN)NC(=O)[C@H](CCN)NC1=O. The minimum absolute atomic E-state index is 0.0142. The molecule has 1 fully saturated rings. The number of nitrogens with two attached hydrogens (primary N) is 5. The van der Waals surface area contributed by atoms with E-state index in [4.69, 9.17) is 28.7 Å². The molecule has 1 aliphatic rings. The molecule has 4 rings (SSSR count). The third kappa shape index (κ3) is 23.0. The summed E-state index contributed by atoms with van der Waals surface area (Å²) in [6.45, 7) is 2.54. The number of benzene rings is 2. The zero-order valence-electron chi connectivity index (χ0n) is 49.7. The number of nitrogens with zero attached hydrogens (tertiary/aromatic N) is 1. The Labute approximate surface area is 506 Å². The van der Waals surface area contributed by atoms with Crippen LogP contribution >= 0.6 is 0 Å². The van der Waals surface area contributed by atoms with Gasteiger partial charge in [0.05, 0.1) is 30.4 Å². The molecule has 0 radical (unpaired) electrons. The first kappa shape index (κ1) is 71.6. The molecule has 1 aromatic heterocycles. The highest BCUT2D eigenvalue weighted by Crippen LogP contribution is 2.22. The average molecular weight is 1210 g/mol. The molecule has 0 spiro atoms. The second-order valence-electron chi connectivity index (χ2n) is 22.1. The Morgan fingerprint density at radius 3 is 1.77 bits per heavy atom. The molecule has 0 unspecified atom stereocenters. The Morgan fingerprint density at radius 1 is 0.655 bits per heavy atom. The number of amides is 8. The molecule has 2 aromatic carbocycles. The predicted molar refractivity (Wildman–Crippen MR) is 322 cm³/mol. The number of carbonyl (C=O) groups excluding carboxylic acids is 11. The van der Waals surface area contributed by atoms with Crippen molar-refractivity contribution in [3.63, 3.8) is 0 Å². The average Bonchev–Trinajstić information content (AvgIpc) is 3.51. The molecule has 1 aliphatic heterocycles. The molecular formula is C60H88N14O13. The highest BCUT2D eigenvalue weighted by molar-refractivity contribution is 6.01. The van der Waals surface area contributed by atoms with Crippen LogP contribution < -0.4 is 71.2 Å². The van der Waals surface area contributed by atoms with Crippen LogP contribution in [0, 0.1) is 23.7 Å². The number of aromatic nitrogens is 1. The first-order valence-corrected chi connectivity index (χ1v) is 29.4. The fourth-order valence-electron chi connectivity index (χ4n) is 9.84. The van der Waals surface area contributed by atoms with Gasteiger partial charge in [0.2, 0.25) is 47.3 Å². The Kier molecular flexibility index (Phi) is 30.4. The van der Waals surface area contributed by atoms with E-state index in [1.54, 1.807) is 36.4 Å². The minimum atomic E-state index is -1.68. The molecule has 0 aliphatic carbocycles. The van der Waals surface area contributed by atoms with E-state index in [0.29, 0.717) is 11.3 Å². The van der Waals surface area contributed by atoms with Crippen LogP contribution in [0.4, 0.5) is 0 Å². The molecule has 2 heterocycles. The summed E-state index contributed by atoms with van der Waals surface area (Å²) in [6.07, 6.45) is -2.32. The zero-order valence-corrected chi connectivity index (χ0v) is 49.7. The number of pyridine rings is 1. The molecule has 1 saturated heterocycles. The number of ketones is 3. The lowest BCUT2D eigenvalue weighted by Crippen LogP contribution is -2.60. The monoisotopic (exact) mass is 1210 g/mol. The Morgan fingerprint density at radius 2 is 1.22 bits per heavy atom. The maximum absolute atomic E-state index is 14.5. The quantitative estimate of drug-likeness (QED) is 0.0357. The van der Waals surface area contributed by atoms with Gasteiger partial charge < -0.3 is 81.4 Å². The van der Waals surface area contributed by atoms with Crippen molar-refractivity contribution in [1.82, 2.24) is 47.5 Å². The van der Waals surface area contributed by atoms with Gasteiger partial charge in [0.25, 0.3) is 0 Å². The molecule has 20 N–H and O–H groups in total. The maximum atomic E-state index is 14.5. The number of rotatable bonds is 26. The van der Waals surface area contributed by atoms with Gasteiger partial charge in [0.1, 0.15) is 36.3 Å². The van der Waals surface area contributed by atoms with E-state index in [9.17, 15) is 63.0 Å². The molecular weight excluding hydrogens is 1120 g/mol. The van der Waals surface area contributed by atoms with Crippen molar-refractivity contribution in [2.75, 3.05) is 45.9 Å². The lowest BCUT2D eigenvalue weighted by molar-refractivity contribution is -0.136. The number of hydrogen-bond acceptors (Lipinski definition) is 19. The van der Waals surface area contributed by atoms with E-state index in [1.165, 1.54) is 19.2 Å². The molecule has 27 nitrogen and oxygen atoms in total. The van der Waals surface area contributed by atoms with Crippen LogP contribution in [0.3, 0.4) is 0 Å². The van der Waals surface area contributed by atoms with Gasteiger partial charge in [-0.3, -0.25) is 57.7 Å². The summed E-state index contributed by atoms with van der Waals surface area (Å²) in [4.78, 5) is 159. The van der Waals surface area contributed by atoms with Crippen molar-refractivity contribution in [2.45, 2.75) is 133 Å². The van der Waals surface area contributed by atoms with E-state index < -0.39 is 170 Å². The normalized spacial score (nSPS) is 22.0. The van der Waals surface area contributed by atoms with Gasteiger partial charge in [-0.25, -0.2) is 0 Å². The van der Waals surface area contributed by atoms with Crippen LogP contribution in [-0.4, -0.2) is 174 Å². The van der Waals surface area contributed by atoms with Crippen LogP contribution in [0.2, 0.25) is 0 Å². The summed E-state index contributed by atoms with van der Waals surface area (Å²) in [5.41, 5.74) is 31.8. The number of aliphatic hydroxyl groups excluding tert-OH is 2. The summed E-state index contributed by atoms with van der Waals surface area (Å²) in [5, 5.41) is 41.7. The van der Waals surface area contributed by atoms with Crippen molar-refractivity contribution in [2.24, 2.45) is 52.3 Å². The maximum Gasteiger partial charge on any atom is 0.245 e. The van der Waals surface area contributed by atoms with Gasteiger partial charge in [0, 0.05) is 61.5 Å². The van der Waals surface area contributed by atoms with Gasteiger partial charge in [0.15, 0.2) is 17.3 Å². The van der Waals surface area contributed by atoms with E-state index in [-0.39, 0.29) is 82.6 Å². The summed E-state index contributed by atoms with van der Waals surface area (Å²) >= 11 is 0. The number of hydrogen-bond donors (Lipinski definition) is 15. The largest absolute Gasteiger partial charge is 0.394 e. The highest BCUT2D eigenvalue weighted by Gasteiger charge is 2.37. The van der Waals surface area contributed by atoms with Crippen LogP contribution in [-0.2, 0) is 54.4 Å². The van der Waals surface area contributed by atoms with Gasteiger partial charge in [-0.1, -0.05) is 74.5 Å². The second kappa shape index (κ2) is 36.9. The minimum Gasteiger partial charge on any atom is -0.394 e. The van der Waals surface area contributed by atoms with Crippen molar-refractivity contribution in [3.05, 3.63) is 90.1 Å². The summed E-state index contributed by atoms with van der Waals surface area (Å²) in [7, 11) is 0. The third-order valence-electron chi connectivity index (χ3n) is 14.7. The topological polar surface area (TPSA) is 467 Å². The standard InChI is InChI=1S/C60H88N14O13/c1-34(2)26-40-30-50(78)47(27-36-10-6-4-7-11-36)72-57(84)43(16-22-63)70-58(85)45(19-25-67-60(87)52(35(3)76)74-59(86)44(17-23-64)71-56(83)42(15-21-62)68-54(40)81)69-55(82)41(32-65)31-51(79)48(33-75)73-53(80)39(14-20-61)29-49(77)38-18-24-66-46(28-38)37-12-8-5-9-13-37/h4-13,18,24,28,34-35,39-45,47-48,52,75-76H,14-17,19-23,25-27,29-33,61-65H2,1-3H3,(H,67,87)(H,68,81)(H,69,82)(H,70,85)(H,71,83)(H,72,84)(H,73,80)(H,74,86)/t35-,39-,40-,41+,42+,43+,44+,45+,47-,48+,52+/m1/s1. The van der Waals surface area contributed by atoms with E-state index in [2.05, 4.69) is 47.5 Å². The Hall–Kier alpha value is -7.92. The van der Waals surface area contributed by atoms with Crippen LogP contribution in [0.1, 0.15) is 94.5 Å². The number of nitrogens with one attached hydrogen (secondary N) is 8. The highest BCUT2D eigenvalue weighted by atomic mass is 16.3. The van der Waals surface area contributed by atoms with Crippen molar-refractivity contribution in [3.8, 4) is 11.3 Å². The first-order valence-electron chi connectivity index (χ1n) is 29.4. The second-order valence-corrected chi connectivity index (χ2v) is 22.1. The first-order chi connectivity index (χ1) is 41.6. The lowest BCUT2D eigenvalue weighted by Gasteiger charge is -2.27. The Bertz CT molecular complexity index is 2790. The summed E-state index contributed by atoms with van der Waals surface area (Å²) in [5.74, 6) is -12.6. The third-order valence-corrected chi connectivity index (χ3v) is 14.7. The smallest absolute Gasteiger partial charge is 0.245 e. The van der Waals surface area contributed by atoms with Crippen molar-refractivity contribution >= 4 is 64.6 Å². The van der Waals surface area contributed by atoms with E-state index in [1.807, 2.05) is 44.2 Å². The van der Waals surface area contributed by atoms with Gasteiger partial charge in [-0.05, 0) is 102 Å². The van der Waals surface area contributed by atoms with Crippen molar-refractivity contribution in [1.29, 1.82) is 0 Å². The Balaban J connectivity index is 1.66. The number of Topliss-reactive ketones (excluding diaryl/α,β-unsaturated/α-hetero) is 3. The number of carbonyl (C=O) groups is 11. The molecule has 0 saturated carbocycles. The molecule has 87 heavy (non-hydrogen) atoms. The van der Waals surface area contributed by atoms with Gasteiger partial charge in [-0.2, -0.15) is 0 Å². The molecule has 8 amide bonds. The van der Waals surface area contributed by atoms with E-state index >= 15 is 0 Å². The lowest BCUT2D eigenvalue weighted by atomic mass is 9.88. The predicted octanol–water partition coefficient (Wildman–Crippen LogP) is -2.98. The van der Waals surface area contributed by atoms with E-state index in [0.717, 1.165) is 5.56 Å². The fraction of sp³-hybridized carbons (Fsp3) is 0.533. The van der Waals surface area contributed by atoms with Gasteiger partial charge in [-0.15, -0.1) is 0 Å². The molecule has 11 atom stereocenters. The van der Waals surface area contributed by atoms with Crippen LogP contribution in [0.5, 0.6) is 0 Å². The molecule has 0 bridgehead atoms. The zero-order chi connectivity index (χ0) is 64.2. The summed E-state index contributed by atoms with van der Waals surface area (Å²) in [6, 6.07) is 10.5. The molecule has 476 valence electrons. The van der Waals surface area contributed by atoms with Crippen molar-refractivity contribution < 1.29 is 63.0 Å². The van der Waals surface area contributed by atoms with Gasteiger partial charge >= 0.3 is 0 Å².